The molecule has 3 heteroatoms. The van der Waals surface area contributed by atoms with Gasteiger partial charge in [-0.15, -0.1) is 0 Å². The van der Waals surface area contributed by atoms with Crippen LogP contribution in [0.4, 0.5) is 0 Å². The summed E-state index contributed by atoms with van der Waals surface area (Å²) in [6.07, 6.45) is 2.20. The van der Waals surface area contributed by atoms with E-state index in [1.165, 1.54) is 13.5 Å². The fraction of sp³-hybridized carbons (Fsp3) is 0.462. The molecule has 0 saturated carbocycles. The maximum absolute atomic E-state index is 10.8. The van der Waals surface area contributed by atoms with Crippen LogP contribution in [-0.4, -0.2) is 18.2 Å². The molecule has 0 fully saturated rings. The second-order valence-electron chi connectivity index (χ2n) is 3.45. The molecule has 0 aliphatic heterocycles. The molecule has 1 aromatic rings. The van der Waals surface area contributed by atoms with E-state index < -0.39 is 0 Å². The maximum Gasteiger partial charge on any atom is 0.305 e. The number of rotatable bonds is 3. The molecule has 0 saturated heterocycles. The van der Waals surface area contributed by atoms with Crippen molar-refractivity contribution in [1.82, 2.24) is 0 Å². The van der Waals surface area contributed by atoms with Crippen molar-refractivity contribution in [2.24, 2.45) is 0 Å². The van der Waals surface area contributed by atoms with E-state index in [0.717, 1.165) is 5.56 Å². The second kappa shape index (κ2) is 8.77. The molecule has 90 valence electrons. The Bertz CT molecular complexity index is 308. The van der Waals surface area contributed by atoms with E-state index in [1.807, 2.05) is 6.07 Å². The van der Waals surface area contributed by atoms with Crippen LogP contribution in [0.25, 0.3) is 0 Å². The molecular weight excluding hydrogens is 204 g/mol. The number of aryl methyl sites for hydroxylation is 1. The quantitative estimate of drug-likeness (QED) is 0.803. The van der Waals surface area contributed by atoms with Crippen LogP contribution >= 0.6 is 0 Å². The Morgan fingerprint density at radius 3 is 2.50 bits per heavy atom. The van der Waals surface area contributed by atoms with Crippen LogP contribution in [0.2, 0.25) is 0 Å². The van der Waals surface area contributed by atoms with Crippen LogP contribution in [0.3, 0.4) is 0 Å². The Morgan fingerprint density at radius 2 is 2.00 bits per heavy atom. The monoisotopic (exact) mass is 224 g/mol. The lowest BCUT2D eigenvalue weighted by Gasteiger charge is -2.00. The van der Waals surface area contributed by atoms with E-state index in [2.05, 4.69) is 18.6 Å². The highest BCUT2D eigenvalue weighted by atomic mass is 16.5. The number of carbonyl (C=O) groups is 1. The van der Waals surface area contributed by atoms with Crippen molar-refractivity contribution in [1.29, 1.82) is 0 Å². The number of benzene rings is 1. The summed E-state index contributed by atoms with van der Waals surface area (Å²) in [6, 6.07) is 6.86. The van der Waals surface area contributed by atoms with Gasteiger partial charge < -0.3 is 9.84 Å². The Labute approximate surface area is 97.1 Å². The zero-order chi connectivity index (χ0) is 12.4. The number of ether oxygens (including phenoxy) is 1. The molecule has 0 atom stereocenters. The summed E-state index contributed by atoms with van der Waals surface area (Å²) in [5.41, 5.74) is 0.936. The molecule has 0 aliphatic rings. The van der Waals surface area contributed by atoms with Crippen LogP contribution < -0.4 is 0 Å². The first-order valence-corrected chi connectivity index (χ1v) is 5.48. The number of phenolic OH excluding ortho intramolecular Hbond substituents is 1. The molecule has 16 heavy (non-hydrogen) atoms. The smallest absolute Gasteiger partial charge is 0.305 e. The number of phenols is 1. The summed E-state index contributed by atoms with van der Waals surface area (Å²) < 4.78 is 4.50. The molecule has 1 rings (SSSR count). The SMILES string of the molecule is CCC.COC(=O)CCc1cccc(O)c1. The molecule has 0 aliphatic carbocycles. The molecule has 0 heterocycles. The van der Waals surface area contributed by atoms with Crippen LogP contribution in [0.1, 0.15) is 32.3 Å². The van der Waals surface area contributed by atoms with Crippen LogP contribution in [0.15, 0.2) is 24.3 Å². The van der Waals surface area contributed by atoms with Crippen LogP contribution in [0.5, 0.6) is 5.75 Å². The first-order valence-electron chi connectivity index (χ1n) is 5.48. The van der Waals surface area contributed by atoms with Gasteiger partial charge in [-0.1, -0.05) is 32.4 Å². The molecule has 0 radical (unpaired) electrons. The van der Waals surface area contributed by atoms with E-state index in [9.17, 15) is 4.79 Å². The Morgan fingerprint density at radius 1 is 1.38 bits per heavy atom. The standard InChI is InChI=1S/C10H12O3.C3H8/c1-13-10(12)6-5-8-3-2-4-9(11)7-8;1-3-2/h2-4,7,11H,5-6H2,1H3;3H2,1-2H3. The third-order valence-corrected chi connectivity index (χ3v) is 1.76. The Hall–Kier alpha value is -1.51. The minimum atomic E-state index is -0.233. The zero-order valence-electron chi connectivity index (χ0n) is 10.2. The number of methoxy groups -OCH3 is 1. The van der Waals surface area contributed by atoms with Gasteiger partial charge in [-0.05, 0) is 24.1 Å². The molecule has 1 N–H and O–H groups in total. The third kappa shape index (κ3) is 6.87. The summed E-state index contributed by atoms with van der Waals surface area (Å²) in [7, 11) is 1.37. The van der Waals surface area contributed by atoms with Gasteiger partial charge in [0.15, 0.2) is 0 Å². The zero-order valence-corrected chi connectivity index (χ0v) is 10.2. The minimum absolute atomic E-state index is 0.224. The first-order chi connectivity index (χ1) is 7.63. The molecule has 1 aromatic carbocycles. The van der Waals surface area contributed by atoms with Gasteiger partial charge in [-0.2, -0.15) is 0 Å². The van der Waals surface area contributed by atoms with E-state index >= 15 is 0 Å². The average Bonchev–Trinajstić information content (AvgIpc) is 2.27. The highest BCUT2D eigenvalue weighted by molar-refractivity contribution is 5.69. The van der Waals surface area contributed by atoms with Gasteiger partial charge in [-0.3, -0.25) is 4.79 Å². The van der Waals surface area contributed by atoms with Gasteiger partial charge in [0.1, 0.15) is 5.75 Å². The fourth-order valence-corrected chi connectivity index (χ4v) is 1.06. The number of carbonyl (C=O) groups excluding carboxylic acids is 1. The predicted octanol–water partition coefficient (Wildman–Crippen LogP) is 2.91. The normalized spacial score (nSPS) is 8.94. The van der Waals surface area contributed by atoms with Crippen molar-refractivity contribution >= 4 is 5.97 Å². The fourth-order valence-electron chi connectivity index (χ4n) is 1.06. The van der Waals surface area contributed by atoms with Crippen molar-refractivity contribution in [3.8, 4) is 5.75 Å². The van der Waals surface area contributed by atoms with Crippen LogP contribution in [0, 0.1) is 0 Å². The lowest BCUT2D eigenvalue weighted by molar-refractivity contribution is -0.140. The van der Waals surface area contributed by atoms with Crippen molar-refractivity contribution in [3.63, 3.8) is 0 Å². The highest BCUT2D eigenvalue weighted by Gasteiger charge is 2.01. The van der Waals surface area contributed by atoms with Gasteiger partial charge >= 0.3 is 5.97 Å². The van der Waals surface area contributed by atoms with Crippen molar-refractivity contribution in [2.45, 2.75) is 33.1 Å². The summed E-state index contributed by atoms with van der Waals surface area (Å²) >= 11 is 0. The molecule has 0 spiro atoms. The van der Waals surface area contributed by atoms with E-state index in [0.29, 0.717) is 12.8 Å². The van der Waals surface area contributed by atoms with Gasteiger partial charge in [0.25, 0.3) is 0 Å². The lowest BCUT2D eigenvalue weighted by atomic mass is 10.1. The molecule has 0 bridgehead atoms. The first kappa shape index (κ1) is 14.5. The van der Waals surface area contributed by atoms with Crippen molar-refractivity contribution < 1.29 is 14.6 Å². The van der Waals surface area contributed by atoms with Crippen molar-refractivity contribution in [3.05, 3.63) is 29.8 Å². The summed E-state index contributed by atoms with van der Waals surface area (Å²) in [5.74, 6) is -0.00860. The number of hydrogen-bond donors (Lipinski definition) is 1. The van der Waals surface area contributed by atoms with Gasteiger partial charge in [0.05, 0.1) is 7.11 Å². The average molecular weight is 224 g/mol. The summed E-state index contributed by atoms with van der Waals surface area (Å²) in [5, 5.41) is 9.12. The largest absolute Gasteiger partial charge is 0.508 e. The summed E-state index contributed by atoms with van der Waals surface area (Å²) in [6.45, 7) is 4.25. The van der Waals surface area contributed by atoms with Crippen LogP contribution in [-0.2, 0) is 16.0 Å². The summed E-state index contributed by atoms with van der Waals surface area (Å²) in [4.78, 5) is 10.8. The number of aromatic hydroxyl groups is 1. The Kier molecular flexibility index (Phi) is 7.94. The molecule has 0 aromatic heterocycles. The van der Waals surface area contributed by atoms with Gasteiger partial charge in [0.2, 0.25) is 0 Å². The second-order valence-corrected chi connectivity index (χ2v) is 3.45. The number of hydrogen-bond acceptors (Lipinski definition) is 3. The van der Waals surface area contributed by atoms with Gasteiger partial charge in [0, 0.05) is 6.42 Å². The maximum atomic E-state index is 10.8. The molecular formula is C13H20O3. The minimum Gasteiger partial charge on any atom is -0.508 e. The molecule has 0 unspecified atom stereocenters. The van der Waals surface area contributed by atoms with Crippen molar-refractivity contribution in [2.75, 3.05) is 7.11 Å². The Balaban J connectivity index is 0.000000673. The number of esters is 1. The van der Waals surface area contributed by atoms with E-state index in [4.69, 9.17) is 5.11 Å². The highest BCUT2D eigenvalue weighted by Crippen LogP contribution is 2.12. The predicted molar refractivity (Wildman–Crippen MR) is 64.4 cm³/mol. The molecule has 0 amide bonds. The molecule has 3 nitrogen and oxygen atoms in total. The van der Waals surface area contributed by atoms with Gasteiger partial charge in [-0.25, -0.2) is 0 Å². The lowest BCUT2D eigenvalue weighted by Crippen LogP contribution is -2.01. The van der Waals surface area contributed by atoms with E-state index in [1.54, 1.807) is 18.2 Å². The van der Waals surface area contributed by atoms with E-state index in [-0.39, 0.29) is 11.7 Å². The third-order valence-electron chi connectivity index (χ3n) is 1.76. The topological polar surface area (TPSA) is 46.5 Å².